The zero-order valence-electron chi connectivity index (χ0n) is 16.2. The Labute approximate surface area is 173 Å². The standard InChI is InChI=1S/C21H26N4OS2/c1-15-6-5-11-25(12-15)13-16-14-27-21(22-16)24-19(26)9-4-10-20-23-17-7-2-3-8-18(17)28-20/h2-3,7-8,14-15H,4-6,9-13H2,1H3,(H,22,24,26). The predicted octanol–water partition coefficient (Wildman–Crippen LogP) is 4.95. The summed E-state index contributed by atoms with van der Waals surface area (Å²) in [6.07, 6.45) is 4.72. The second-order valence-corrected chi connectivity index (χ2v) is 9.58. The molecule has 0 saturated carbocycles. The fraction of sp³-hybridized carbons (Fsp3) is 0.476. The van der Waals surface area contributed by atoms with Crippen molar-refractivity contribution in [3.05, 3.63) is 40.3 Å². The normalized spacial score (nSPS) is 17.8. The molecule has 1 fully saturated rings. The number of carbonyl (C=O) groups excluding carboxylic acids is 1. The summed E-state index contributed by atoms with van der Waals surface area (Å²) in [5, 5.41) is 6.83. The van der Waals surface area contributed by atoms with Crippen LogP contribution in [0.1, 0.15) is 43.3 Å². The van der Waals surface area contributed by atoms with Crippen LogP contribution in [0.15, 0.2) is 29.6 Å². The lowest BCUT2D eigenvalue weighted by Gasteiger charge is -2.30. The number of nitrogens with one attached hydrogen (secondary N) is 1. The molecule has 1 atom stereocenters. The van der Waals surface area contributed by atoms with Crippen molar-refractivity contribution < 1.29 is 4.79 Å². The van der Waals surface area contributed by atoms with E-state index in [-0.39, 0.29) is 5.91 Å². The van der Waals surface area contributed by atoms with Gasteiger partial charge in [0.05, 0.1) is 20.9 Å². The first-order chi connectivity index (χ1) is 13.7. The first-order valence-corrected chi connectivity index (χ1v) is 11.7. The molecule has 0 radical (unpaired) electrons. The molecule has 28 heavy (non-hydrogen) atoms. The molecule has 3 heterocycles. The van der Waals surface area contributed by atoms with E-state index in [4.69, 9.17) is 0 Å². The van der Waals surface area contributed by atoms with Crippen LogP contribution in [0, 0.1) is 5.92 Å². The maximum absolute atomic E-state index is 12.2. The van der Waals surface area contributed by atoms with Gasteiger partial charge in [-0.1, -0.05) is 19.1 Å². The summed E-state index contributed by atoms with van der Waals surface area (Å²) in [6.45, 7) is 5.49. The molecule has 1 aliphatic heterocycles. The quantitative estimate of drug-likeness (QED) is 0.594. The van der Waals surface area contributed by atoms with Crippen LogP contribution in [0.25, 0.3) is 10.2 Å². The molecule has 5 nitrogen and oxygen atoms in total. The van der Waals surface area contributed by atoms with Gasteiger partial charge in [-0.2, -0.15) is 0 Å². The van der Waals surface area contributed by atoms with Crippen molar-refractivity contribution in [2.75, 3.05) is 18.4 Å². The van der Waals surface area contributed by atoms with Gasteiger partial charge in [0.2, 0.25) is 5.91 Å². The van der Waals surface area contributed by atoms with Gasteiger partial charge >= 0.3 is 0 Å². The van der Waals surface area contributed by atoms with Crippen LogP contribution >= 0.6 is 22.7 Å². The Balaban J connectivity index is 1.22. The largest absolute Gasteiger partial charge is 0.302 e. The van der Waals surface area contributed by atoms with Gasteiger partial charge in [-0.25, -0.2) is 9.97 Å². The number of carbonyl (C=O) groups is 1. The van der Waals surface area contributed by atoms with Crippen LogP contribution in [0.3, 0.4) is 0 Å². The van der Waals surface area contributed by atoms with Gasteiger partial charge < -0.3 is 5.32 Å². The fourth-order valence-corrected chi connectivity index (χ4v) is 5.43. The van der Waals surface area contributed by atoms with Crippen molar-refractivity contribution in [3.8, 4) is 0 Å². The molecule has 1 aliphatic rings. The molecule has 1 saturated heterocycles. The highest BCUT2D eigenvalue weighted by Crippen LogP contribution is 2.23. The molecule has 4 rings (SSSR count). The van der Waals surface area contributed by atoms with Crippen molar-refractivity contribution in [3.63, 3.8) is 0 Å². The smallest absolute Gasteiger partial charge is 0.226 e. The minimum atomic E-state index is 0.0357. The average molecular weight is 415 g/mol. The first kappa shape index (κ1) is 19.5. The number of likely N-dealkylation sites (tertiary alicyclic amines) is 1. The Morgan fingerprint density at radius 2 is 2.21 bits per heavy atom. The summed E-state index contributed by atoms with van der Waals surface area (Å²) in [5.41, 5.74) is 2.11. The highest BCUT2D eigenvalue weighted by atomic mass is 32.1. The Bertz CT molecular complexity index is 902. The van der Waals surface area contributed by atoms with Gasteiger partial charge in [-0.05, 0) is 50.3 Å². The van der Waals surface area contributed by atoms with Crippen molar-refractivity contribution in [1.82, 2.24) is 14.9 Å². The third kappa shape index (κ3) is 5.16. The Morgan fingerprint density at radius 3 is 3.07 bits per heavy atom. The van der Waals surface area contributed by atoms with E-state index in [0.29, 0.717) is 11.6 Å². The Kier molecular flexibility index (Phi) is 6.34. The molecule has 148 valence electrons. The minimum absolute atomic E-state index is 0.0357. The van der Waals surface area contributed by atoms with Gasteiger partial charge in [-0.15, -0.1) is 22.7 Å². The second-order valence-electron chi connectivity index (χ2n) is 7.60. The van der Waals surface area contributed by atoms with Crippen molar-refractivity contribution in [2.45, 2.75) is 45.6 Å². The molecule has 1 N–H and O–H groups in total. The molecule has 0 spiro atoms. The number of thiazole rings is 2. The van der Waals surface area contributed by atoms with Gasteiger partial charge in [0.15, 0.2) is 5.13 Å². The van der Waals surface area contributed by atoms with Gasteiger partial charge in [0.25, 0.3) is 0 Å². The Hall–Kier alpha value is -1.83. The molecular formula is C21H26N4OS2. The van der Waals surface area contributed by atoms with Crippen LogP contribution < -0.4 is 5.32 Å². The molecule has 0 bridgehead atoms. The number of benzene rings is 1. The van der Waals surface area contributed by atoms with E-state index >= 15 is 0 Å². The zero-order chi connectivity index (χ0) is 19.3. The monoisotopic (exact) mass is 414 g/mol. The number of hydrogen-bond acceptors (Lipinski definition) is 6. The number of hydrogen-bond donors (Lipinski definition) is 1. The zero-order valence-corrected chi connectivity index (χ0v) is 17.8. The number of anilines is 1. The molecule has 0 aliphatic carbocycles. The molecular weight excluding hydrogens is 388 g/mol. The van der Waals surface area contributed by atoms with Crippen LogP contribution in [0.2, 0.25) is 0 Å². The van der Waals surface area contributed by atoms with E-state index in [2.05, 4.69) is 38.6 Å². The second kappa shape index (κ2) is 9.11. The summed E-state index contributed by atoms with van der Waals surface area (Å²) < 4.78 is 1.21. The number of piperidine rings is 1. The molecule has 3 aromatic rings. The maximum Gasteiger partial charge on any atom is 0.226 e. The van der Waals surface area contributed by atoms with Crippen LogP contribution in [-0.4, -0.2) is 33.9 Å². The molecule has 1 amide bonds. The van der Waals surface area contributed by atoms with Crippen LogP contribution in [0.4, 0.5) is 5.13 Å². The third-order valence-electron chi connectivity index (χ3n) is 5.06. The van der Waals surface area contributed by atoms with E-state index in [1.54, 1.807) is 11.3 Å². The first-order valence-electron chi connectivity index (χ1n) is 9.97. The van der Waals surface area contributed by atoms with Gasteiger partial charge in [-0.3, -0.25) is 9.69 Å². The lowest BCUT2D eigenvalue weighted by Crippen LogP contribution is -2.33. The summed E-state index contributed by atoms with van der Waals surface area (Å²) in [7, 11) is 0. The molecule has 1 unspecified atom stereocenters. The van der Waals surface area contributed by atoms with Crippen LogP contribution in [0.5, 0.6) is 0 Å². The van der Waals surface area contributed by atoms with E-state index in [9.17, 15) is 4.79 Å². The minimum Gasteiger partial charge on any atom is -0.302 e. The topological polar surface area (TPSA) is 58.1 Å². The van der Waals surface area contributed by atoms with E-state index in [1.165, 1.54) is 28.9 Å². The maximum atomic E-state index is 12.2. The van der Waals surface area contributed by atoms with Crippen molar-refractivity contribution in [1.29, 1.82) is 0 Å². The summed E-state index contributed by atoms with van der Waals surface area (Å²) in [5.74, 6) is 0.801. The number of amides is 1. The van der Waals surface area contributed by atoms with Crippen molar-refractivity contribution in [2.24, 2.45) is 5.92 Å². The van der Waals surface area contributed by atoms with E-state index < -0.39 is 0 Å². The van der Waals surface area contributed by atoms with E-state index in [1.807, 2.05) is 18.2 Å². The number of aryl methyl sites for hydroxylation is 1. The van der Waals surface area contributed by atoms with E-state index in [0.717, 1.165) is 54.6 Å². The summed E-state index contributed by atoms with van der Waals surface area (Å²) >= 11 is 3.24. The molecule has 2 aromatic heterocycles. The third-order valence-corrected chi connectivity index (χ3v) is 6.96. The lowest BCUT2D eigenvalue weighted by molar-refractivity contribution is -0.116. The number of nitrogens with zero attached hydrogens (tertiary/aromatic N) is 3. The lowest BCUT2D eigenvalue weighted by atomic mass is 10.0. The summed E-state index contributed by atoms with van der Waals surface area (Å²) in [6, 6.07) is 8.17. The summed E-state index contributed by atoms with van der Waals surface area (Å²) in [4.78, 5) is 23.9. The average Bonchev–Trinajstić information content (AvgIpc) is 3.28. The fourth-order valence-electron chi connectivity index (χ4n) is 3.71. The highest BCUT2D eigenvalue weighted by molar-refractivity contribution is 7.18. The number of para-hydroxylation sites is 1. The van der Waals surface area contributed by atoms with Gasteiger partial charge in [0.1, 0.15) is 0 Å². The number of rotatable bonds is 7. The number of fused-ring (bicyclic) bond motifs is 1. The van der Waals surface area contributed by atoms with Crippen molar-refractivity contribution >= 4 is 43.9 Å². The Morgan fingerprint density at radius 1 is 1.32 bits per heavy atom. The molecule has 7 heteroatoms. The SMILES string of the molecule is CC1CCCN(Cc2csc(NC(=O)CCCc3nc4ccccc4s3)n2)C1. The predicted molar refractivity (Wildman–Crippen MR) is 117 cm³/mol. The number of aromatic nitrogens is 2. The highest BCUT2D eigenvalue weighted by Gasteiger charge is 2.17. The van der Waals surface area contributed by atoms with Crippen LogP contribution in [-0.2, 0) is 17.8 Å². The molecule has 1 aromatic carbocycles. The van der Waals surface area contributed by atoms with Gasteiger partial charge in [0, 0.05) is 24.9 Å².